The summed E-state index contributed by atoms with van der Waals surface area (Å²) >= 11 is 0. The highest BCUT2D eigenvalue weighted by Gasteiger charge is 2.52. The van der Waals surface area contributed by atoms with Crippen LogP contribution in [0.15, 0.2) is 72.8 Å². The number of nitrogens with one attached hydrogen (secondary N) is 1. The first-order valence-electron chi connectivity index (χ1n) is 16.9. The predicted molar refractivity (Wildman–Crippen MR) is 183 cm³/mol. The van der Waals surface area contributed by atoms with Gasteiger partial charge in [-0.25, -0.2) is 13.1 Å². The highest BCUT2D eigenvalue weighted by Crippen LogP contribution is 2.60. The molecule has 2 N–H and O–H groups in total. The maximum atomic E-state index is 13.7. The van der Waals surface area contributed by atoms with Gasteiger partial charge in [-0.3, -0.25) is 9.59 Å². The van der Waals surface area contributed by atoms with Crippen molar-refractivity contribution in [1.82, 2.24) is 19.8 Å². The molecule has 10 nitrogen and oxygen atoms in total. The second kappa shape index (κ2) is 11.9. The van der Waals surface area contributed by atoms with Crippen LogP contribution in [0.2, 0.25) is 0 Å². The summed E-state index contributed by atoms with van der Waals surface area (Å²) in [6.07, 6.45) is 6.53. The summed E-state index contributed by atoms with van der Waals surface area (Å²) in [5.41, 5.74) is 2.20. The number of nitrogens with zero attached hydrogens (tertiary/aromatic N) is 4. The van der Waals surface area contributed by atoms with E-state index < -0.39 is 15.9 Å². The molecular weight excluding hydrogens is 627 g/mol. The van der Waals surface area contributed by atoms with E-state index >= 15 is 0 Å². The minimum atomic E-state index is -3.82. The van der Waals surface area contributed by atoms with Crippen LogP contribution in [-0.2, 0) is 10.0 Å². The van der Waals surface area contributed by atoms with E-state index in [1.54, 1.807) is 24.3 Å². The van der Waals surface area contributed by atoms with Crippen LogP contribution in [0.3, 0.4) is 0 Å². The fourth-order valence-corrected chi connectivity index (χ4v) is 11.1. The standard InChI is InChI=1S/C37H39N5O5S/c43-28-5-3-4-27(19-28)29-8-9-32(31-7-2-1-6-30(29)31)36(45)42-14-12-41(13-15-42)34-11-10-33(38-39-34)35(44)40-48(46,47)23-37-20-24-16-25(21-37)18-26(17-24)22-37/h1-11,19,24-26,43H,12-18,20-23H2,(H,40,44). The molecule has 3 aromatic carbocycles. The molecule has 4 bridgehead atoms. The SMILES string of the molecule is O=C(NS(=O)(=O)CC12CC3CC(CC(C3)C1)C2)c1ccc(N2CCN(C(=O)c3ccc(-c4cccc(O)c4)c4ccccc34)CC2)nn1. The first-order valence-corrected chi connectivity index (χ1v) is 18.5. The summed E-state index contributed by atoms with van der Waals surface area (Å²) in [5.74, 6) is 1.83. The number of carbonyl (C=O) groups is 2. The van der Waals surface area contributed by atoms with Crippen molar-refractivity contribution in [1.29, 1.82) is 0 Å². The Morgan fingerprint density at radius 2 is 1.50 bits per heavy atom. The van der Waals surface area contributed by atoms with Crippen LogP contribution in [0, 0.1) is 23.2 Å². The minimum Gasteiger partial charge on any atom is -0.508 e. The average Bonchev–Trinajstić information content (AvgIpc) is 3.06. The van der Waals surface area contributed by atoms with Crippen molar-refractivity contribution in [2.24, 2.45) is 23.2 Å². The first-order chi connectivity index (χ1) is 23.1. The third-order valence-corrected chi connectivity index (χ3v) is 12.5. The second-order valence-corrected chi connectivity index (χ2v) is 16.1. The topological polar surface area (TPSA) is 133 Å². The second-order valence-electron chi connectivity index (χ2n) is 14.4. The number of sulfonamides is 1. The first kappa shape index (κ1) is 30.8. The van der Waals surface area contributed by atoms with E-state index in [1.807, 2.05) is 52.3 Å². The molecule has 2 amide bonds. The summed E-state index contributed by atoms with van der Waals surface area (Å²) < 4.78 is 28.5. The maximum absolute atomic E-state index is 13.7. The molecule has 9 rings (SSSR count). The molecule has 1 aromatic heterocycles. The number of piperazine rings is 1. The van der Waals surface area contributed by atoms with Crippen LogP contribution < -0.4 is 9.62 Å². The summed E-state index contributed by atoms with van der Waals surface area (Å²) in [7, 11) is -3.82. The van der Waals surface area contributed by atoms with Crippen molar-refractivity contribution in [2.45, 2.75) is 38.5 Å². The van der Waals surface area contributed by atoms with Crippen LogP contribution in [0.4, 0.5) is 5.82 Å². The Balaban J connectivity index is 0.899. The molecule has 4 aliphatic carbocycles. The minimum absolute atomic E-state index is 0.00126. The number of anilines is 1. The lowest BCUT2D eigenvalue weighted by Crippen LogP contribution is -2.51. The van der Waals surface area contributed by atoms with Crippen molar-refractivity contribution in [3.63, 3.8) is 0 Å². The van der Waals surface area contributed by atoms with Crippen LogP contribution in [-0.4, -0.2) is 72.4 Å². The number of hydrogen-bond donors (Lipinski definition) is 2. The molecule has 4 aromatic rings. The molecule has 4 saturated carbocycles. The number of aromatic hydroxyl groups is 1. The van der Waals surface area contributed by atoms with E-state index in [0.717, 1.165) is 41.2 Å². The number of rotatable bonds is 7. The number of amides is 2. The van der Waals surface area contributed by atoms with Crippen LogP contribution in [0.25, 0.3) is 21.9 Å². The molecule has 0 radical (unpaired) electrons. The van der Waals surface area contributed by atoms with Crippen molar-refractivity contribution in [2.75, 3.05) is 36.8 Å². The molecule has 248 valence electrons. The van der Waals surface area contributed by atoms with E-state index in [2.05, 4.69) is 14.9 Å². The van der Waals surface area contributed by atoms with E-state index in [0.29, 0.717) is 55.3 Å². The number of benzene rings is 3. The molecule has 48 heavy (non-hydrogen) atoms. The Kier molecular flexibility index (Phi) is 7.62. The Morgan fingerprint density at radius 3 is 2.15 bits per heavy atom. The zero-order chi connectivity index (χ0) is 33.0. The zero-order valence-corrected chi connectivity index (χ0v) is 27.5. The number of fused-ring (bicyclic) bond motifs is 1. The van der Waals surface area contributed by atoms with Gasteiger partial charge >= 0.3 is 0 Å². The summed E-state index contributed by atoms with van der Waals surface area (Å²) in [4.78, 5) is 30.5. The lowest BCUT2D eigenvalue weighted by molar-refractivity contribution is -0.0391. The lowest BCUT2D eigenvalue weighted by Gasteiger charge is -2.56. The third kappa shape index (κ3) is 5.89. The molecule has 1 saturated heterocycles. The Morgan fingerprint density at radius 1 is 0.812 bits per heavy atom. The highest BCUT2D eigenvalue weighted by atomic mass is 32.2. The maximum Gasteiger partial charge on any atom is 0.285 e. The monoisotopic (exact) mass is 665 g/mol. The highest BCUT2D eigenvalue weighted by molar-refractivity contribution is 7.90. The van der Waals surface area contributed by atoms with Gasteiger partial charge in [-0.05, 0) is 114 Å². The van der Waals surface area contributed by atoms with Gasteiger partial charge in [-0.1, -0.05) is 42.5 Å². The quantitative estimate of drug-likeness (QED) is 0.274. The van der Waals surface area contributed by atoms with Crippen molar-refractivity contribution in [3.05, 3.63) is 84.1 Å². The van der Waals surface area contributed by atoms with E-state index in [-0.39, 0.29) is 28.5 Å². The van der Waals surface area contributed by atoms with Gasteiger partial charge in [0.15, 0.2) is 11.5 Å². The molecule has 0 unspecified atom stereocenters. The average molecular weight is 666 g/mol. The summed E-state index contributed by atoms with van der Waals surface area (Å²) in [5, 5.41) is 20.1. The number of phenols is 1. The van der Waals surface area contributed by atoms with Crippen LogP contribution in [0.5, 0.6) is 5.75 Å². The van der Waals surface area contributed by atoms with Crippen LogP contribution >= 0.6 is 0 Å². The zero-order valence-electron chi connectivity index (χ0n) is 26.7. The molecule has 0 spiro atoms. The van der Waals surface area contributed by atoms with Gasteiger partial charge in [0.2, 0.25) is 10.0 Å². The molecule has 5 aliphatic rings. The van der Waals surface area contributed by atoms with Gasteiger partial charge in [0.25, 0.3) is 11.8 Å². The Hall–Kier alpha value is -4.51. The predicted octanol–water partition coefficient (Wildman–Crippen LogP) is 5.24. The normalized spacial score (nSPS) is 25.0. The fraction of sp³-hybridized carbons (Fsp3) is 0.405. The Bertz CT molecular complexity index is 1970. The molecule has 5 fully saturated rings. The summed E-state index contributed by atoms with van der Waals surface area (Å²) in [6, 6.07) is 21.9. The molecular formula is C37H39N5O5S. The van der Waals surface area contributed by atoms with Crippen LogP contribution in [0.1, 0.15) is 59.4 Å². The summed E-state index contributed by atoms with van der Waals surface area (Å²) in [6.45, 7) is 2.03. The lowest BCUT2D eigenvalue weighted by atomic mass is 9.50. The number of phenolic OH excluding ortho intramolecular Hbond substituents is 1. The van der Waals surface area contributed by atoms with E-state index in [9.17, 15) is 23.1 Å². The van der Waals surface area contributed by atoms with Crippen molar-refractivity contribution in [3.8, 4) is 16.9 Å². The molecule has 2 heterocycles. The number of aromatic nitrogens is 2. The van der Waals surface area contributed by atoms with Gasteiger partial charge < -0.3 is 14.9 Å². The van der Waals surface area contributed by atoms with Gasteiger partial charge in [0.1, 0.15) is 5.75 Å². The van der Waals surface area contributed by atoms with E-state index in [4.69, 9.17) is 0 Å². The molecule has 0 atom stereocenters. The third-order valence-electron chi connectivity index (χ3n) is 11.0. The smallest absolute Gasteiger partial charge is 0.285 e. The van der Waals surface area contributed by atoms with Gasteiger partial charge in [-0.15, -0.1) is 10.2 Å². The van der Waals surface area contributed by atoms with Gasteiger partial charge in [-0.2, -0.15) is 0 Å². The molecule has 11 heteroatoms. The Labute approximate surface area is 280 Å². The van der Waals surface area contributed by atoms with Crippen molar-refractivity contribution >= 4 is 38.4 Å². The fourth-order valence-electron chi connectivity index (χ4n) is 9.43. The van der Waals surface area contributed by atoms with Gasteiger partial charge in [0, 0.05) is 31.7 Å². The molecule has 1 aliphatic heterocycles. The number of carbonyl (C=O) groups excluding carboxylic acids is 2. The van der Waals surface area contributed by atoms with Gasteiger partial charge in [0.05, 0.1) is 5.75 Å². The largest absolute Gasteiger partial charge is 0.508 e. The van der Waals surface area contributed by atoms with Crippen molar-refractivity contribution < 1.29 is 23.1 Å². The van der Waals surface area contributed by atoms with E-state index in [1.165, 1.54) is 25.3 Å². The number of hydrogen-bond acceptors (Lipinski definition) is 8.